The van der Waals surface area contributed by atoms with Crippen LogP contribution >= 0.6 is 27.3 Å². The van der Waals surface area contributed by atoms with Gasteiger partial charge >= 0.3 is 0 Å². The molecule has 0 aliphatic carbocycles. The van der Waals surface area contributed by atoms with Crippen molar-refractivity contribution in [2.45, 2.75) is 6.92 Å². The zero-order chi connectivity index (χ0) is 10.1. The maximum absolute atomic E-state index is 5.85. The molecule has 14 heavy (non-hydrogen) atoms. The van der Waals surface area contributed by atoms with Gasteiger partial charge in [0.25, 0.3) is 0 Å². The van der Waals surface area contributed by atoms with Gasteiger partial charge in [0.05, 0.1) is 0 Å². The van der Waals surface area contributed by atoms with Gasteiger partial charge in [0.15, 0.2) is 0 Å². The van der Waals surface area contributed by atoms with Crippen LogP contribution in [0, 0.1) is 6.92 Å². The van der Waals surface area contributed by atoms with Crippen molar-refractivity contribution in [1.29, 1.82) is 0 Å². The molecule has 3 nitrogen and oxygen atoms in total. The highest BCUT2D eigenvalue weighted by Crippen LogP contribution is 2.30. The number of halogens is 1. The summed E-state index contributed by atoms with van der Waals surface area (Å²) in [4.78, 5) is 0. The van der Waals surface area contributed by atoms with E-state index in [-0.39, 0.29) is 0 Å². The van der Waals surface area contributed by atoms with Gasteiger partial charge in [-0.25, -0.2) is 0 Å². The van der Waals surface area contributed by atoms with Crippen LogP contribution in [0.3, 0.4) is 0 Å². The Labute approximate surface area is 94.1 Å². The second kappa shape index (κ2) is 3.67. The minimum Gasteiger partial charge on any atom is -0.398 e. The van der Waals surface area contributed by atoms with Crippen molar-refractivity contribution in [2.75, 3.05) is 5.73 Å². The van der Waals surface area contributed by atoms with Crippen LogP contribution in [0.4, 0.5) is 5.69 Å². The van der Waals surface area contributed by atoms with E-state index in [0.717, 1.165) is 25.7 Å². The molecule has 0 bridgehead atoms. The average Bonchev–Trinajstić information content (AvgIpc) is 2.56. The lowest BCUT2D eigenvalue weighted by atomic mass is 10.2. The van der Waals surface area contributed by atoms with Gasteiger partial charge in [0, 0.05) is 15.7 Å². The van der Waals surface area contributed by atoms with Crippen molar-refractivity contribution in [3.8, 4) is 10.6 Å². The summed E-state index contributed by atoms with van der Waals surface area (Å²) in [6.45, 7) is 1.93. The first-order valence-corrected chi connectivity index (χ1v) is 5.63. The van der Waals surface area contributed by atoms with E-state index >= 15 is 0 Å². The van der Waals surface area contributed by atoms with Crippen LogP contribution in [-0.4, -0.2) is 10.2 Å². The highest BCUT2D eigenvalue weighted by atomic mass is 79.9. The first-order valence-electron chi connectivity index (χ1n) is 4.02. The molecule has 1 aromatic heterocycles. The predicted octanol–water partition coefficient (Wildman–Crippen LogP) is 2.86. The highest BCUT2D eigenvalue weighted by molar-refractivity contribution is 9.10. The Bertz CT molecular complexity index is 467. The normalized spacial score (nSPS) is 10.4. The van der Waals surface area contributed by atoms with Crippen LogP contribution in [0.15, 0.2) is 22.7 Å². The smallest absolute Gasteiger partial charge is 0.149 e. The first kappa shape index (κ1) is 9.61. The number of nitrogens with two attached hydrogens (primary N) is 1. The van der Waals surface area contributed by atoms with E-state index in [2.05, 4.69) is 26.1 Å². The van der Waals surface area contributed by atoms with Crippen LogP contribution in [0.5, 0.6) is 0 Å². The van der Waals surface area contributed by atoms with E-state index in [1.54, 1.807) is 11.3 Å². The number of benzene rings is 1. The number of aromatic nitrogens is 2. The Morgan fingerprint density at radius 1 is 1.36 bits per heavy atom. The molecule has 0 saturated heterocycles. The first-order chi connectivity index (χ1) is 6.66. The van der Waals surface area contributed by atoms with E-state index in [4.69, 9.17) is 5.73 Å². The standard InChI is InChI=1S/C9H8BrN3S/c1-5-12-13-9(14-5)7-4-6(10)2-3-8(7)11/h2-4H,11H2,1H3. The monoisotopic (exact) mass is 269 g/mol. The molecule has 1 aromatic carbocycles. The maximum Gasteiger partial charge on any atom is 0.149 e. The number of nitrogen functional groups attached to an aromatic ring is 1. The van der Waals surface area contributed by atoms with Crippen molar-refractivity contribution in [3.63, 3.8) is 0 Å². The molecule has 2 N–H and O–H groups in total. The lowest BCUT2D eigenvalue weighted by Gasteiger charge is -2.01. The Kier molecular flexibility index (Phi) is 2.52. The van der Waals surface area contributed by atoms with Crippen LogP contribution in [-0.2, 0) is 0 Å². The Hall–Kier alpha value is -0.940. The molecular weight excluding hydrogens is 262 g/mol. The van der Waals surface area contributed by atoms with Crippen molar-refractivity contribution in [2.24, 2.45) is 0 Å². The SMILES string of the molecule is Cc1nnc(-c2cc(Br)ccc2N)s1. The van der Waals surface area contributed by atoms with Gasteiger partial charge in [0.2, 0.25) is 0 Å². The van der Waals surface area contributed by atoms with E-state index in [0.29, 0.717) is 0 Å². The molecule has 0 saturated carbocycles. The molecule has 0 atom stereocenters. The third-order valence-electron chi connectivity index (χ3n) is 1.77. The molecule has 5 heteroatoms. The fourth-order valence-electron chi connectivity index (χ4n) is 1.12. The number of hydrogen-bond donors (Lipinski definition) is 1. The predicted molar refractivity (Wildman–Crippen MR) is 62.2 cm³/mol. The Morgan fingerprint density at radius 3 is 2.79 bits per heavy atom. The second-order valence-electron chi connectivity index (χ2n) is 2.86. The fourth-order valence-corrected chi connectivity index (χ4v) is 2.21. The summed E-state index contributed by atoms with van der Waals surface area (Å²) in [5.41, 5.74) is 7.51. The molecule has 2 rings (SSSR count). The molecule has 2 aromatic rings. The number of rotatable bonds is 1. The third-order valence-corrected chi connectivity index (χ3v) is 3.14. The summed E-state index contributed by atoms with van der Waals surface area (Å²) in [6, 6.07) is 5.72. The summed E-state index contributed by atoms with van der Waals surface area (Å²) in [7, 11) is 0. The van der Waals surface area contributed by atoms with Gasteiger partial charge < -0.3 is 5.73 Å². The molecule has 1 heterocycles. The number of aryl methyl sites for hydroxylation is 1. The summed E-state index contributed by atoms with van der Waals surface area (Å²) in [5, 5.41) is 9.82. The van der Waals surface area contributed by atoms with Crippen molar-refractivity contribution < 1.29 is 0 Å². The van der Waals surface area contributed by atoms with E-state index in [1.807, 2.05) is 25.1 Å². The zero-order valence-corrected chi connectivity index (χ0v) is 9.89. The summed E-state index contributed by atoms with van der Waals surface area (Å²) < 4.78 is 0.995. The lowest BCUT2D eigenvalue weighted by Crippen LogP contribution is -1.89. The lowest BCUT2D eigenvalue weighted by molar-refractivity contribution is 1.05. The van der Waals surface area contributed by atoms with Crippen LogP contribution in [0.2, 0.25) is 0 Å². The molecule has 72 valence electrons. The molecule has 0 aliphatic heterocycles. The minimum atomic E-state index is 0.726. The summed E-state index contributed by atoms with van der Waals surface area (Å²) >= 11 is 4.94. The second-order valence-corrected chi connectivity index (χ2v) is 4.96. The molecule has 0 amide bonds. The van der Waals surface area contributed by atoms with Crippen LogP contribution < -0.4 is 5.73 Å². The number of anilines is 1. The van der Waals surface area contributed by atoms with Crippen molar-refractivity contribution in [1.82, 2.24) is 10.2 Å². The number of hydrogen-bond acceptors (Lipinski definition) is 4. The Morgan fingerprint density at radius 2 is 2.14 bits per heavy atom. The van der Waals surface area contributed by atoms with E-state index < -0.39 is 0 Å². The van der Waals surface area contributed by atoms with Gasteiger partial charge in [-0.3, -0.25) is 0 Å². The van der Waals surface area contributed by atoms with Gasteiger partial charge in [-0.1, -0.05) is 27.3 Å². The molecule has 0 aliphatic rings. The number of nitrogens with zero attached hydrogens (tertiary/aromatic N) is 2. The van der Waals surface area contributed by atoms with Gasteiger partial charge in [-0.2, -0.15) is 0 Å². The van der Waals surface area contributed by atoms with E-state index in [1.165, 1.54) is 0 Å². The molecule has 0 unspecified atom stereocenters. The maximum atomic E-state index is 5.85. The molecule has 0 fully saturated rings. The highest BCUT2D eigenvalue weighted by Gasteiger charge is 2.07. The molecular formula is C9H8BrN3S. The van der Waals surface area contributed by atoms with Crippen molar-refractivity contribution >= 4 is 33.0 Å². The summed E-state index contributed by atoms with van der Waals surface area (Å²) in [5.74, 6) is 0. The minimum absolute atomic E-state index is 0.726. The molecule has 0 radical (unpaired) electrons. The van der Waals surface area contributed by atoms with Crippen LogP contribution in [0.25, 0.3) is 10.6 Å². The fraction of sp³-hybridized carbons (Fsp3) is 0.111. The van der Waals surface area contributed by atoms with E-state index in [9.17, 15) is 0 Å². The van der Waals surface area contributed by atoms with Gasteiger partial charge in [-0.15, -0.1) is 10.2 Å². The zero-order valence-electron chi connectivity index (χ0n) is 7.49. The average molecular weight is 270 g/mol. The third kappa shape index (κ3) is 1.78. The quantitative estimate of drug-likeness (QED) is 0.810. The summed E-state index contributed by atoms with van der Waals surface area (Å²) in [6.07, 6.45) is 0. The van der Waals surface area contributed by atoms with Gasteiger partial charge in [0.1, 0.15) is 10.0 Å². The van der Waals surface area contributed by atoms with Crippen molar-refractivity contribution in [3.05, 3.63) is 27.7 Å². The van der Waals surface area contributed by atoms with Crippen LogP contribution in [0.1, 0.15) is 5.01 Å². The Balaban J connectivity index is 2.55. The molecule has 0 spiro atoms. The topological polar surface area (TPSA) is 51.8 Å². The largest absolute Gasteiger partial charge is 0.398 e. The van der Waals surface area contributed by atoms with Gasteiger partial charge in [-0.05, 0) is 25.1 Å².